The molecule has 0 saturated carbocycles. The molecular formula is C27H36FN3O4. The van der Waals surface area contributed by atoms with Crippen molar-refractivity contribution in [1.29, 1.82) is 0 Å². The van der Waals surface area contributed by atoms with Crippen molar-refractivity contribution in [3.8, 4) is 22.9 Å². The Bertz CT molecular complexity index is 1070. The van der Waals surface area contributed by atoms with Gasteiger partial charge in [-0.05, 0) is 32.9 Å². The van der Waals surface area contributed by atoms with E-state index in [0.29, 0.717) is 37.9 Å². The van der Waals surface area contributed by atoms with E-state index in [4.69, 9.17) is 19.3 Å². The van der Waals surface area contributed by atoms with E-state index in [1.165, 1.54) is 12.1 Å². The van der Waals surface area contributed by atoms with Gasteiger partial charge in [-0.2, -0.15) is 5.10 Å². The average molecular weight is 486 g/mol. The molecule has 0 saturated heterocycles. The fraction of sp³-hybridized carbons (Fsp3) is 0.444. The van der Waals surface area contributed by atoms with Gasteiger partial charge in [-0.15, -0.1) is 0 Å². The van der Waals surface area contributed by atoms with Crippen LogP contribution in [0.5, 0.6) is 11.6 Å². The second kappa shape index (κ2) is 12.3. The van der Waals surface area contributed by atoms with Gasteiger partial charge in [0.2, 0.25) is 5.88 Å². The molecule has 35 heavy (non-hydrogen) atoms. The Labute approximate surface area is 207 Å². The molecule has 1 N–H and O–H groups in total. The van der Waals surface area contributed by atoms with Crippen LogP contribution in [0.4, 0.5) is 4.39 Å². The van der Waals surface area contributed by atoms with Crippen LogP contribution in [0.25, 0.3) is 11.3 Å². The minimum absolute atomic E-state index is 0.220. The molecule has 1 aromatic heterocycles. The Morgan fingerprint density at radius 1 is 1.11 bits per heavy atom. The van der Waals surface area contributed by atoms with Crippen molar-refractivity contribution in [2.24, 2.45) is 7.05 Å². The lowest BCUT2D eigenvalue weighted by Crippen LogP contribution is -2.38. The maximum atomic E-state index is 13.8. The first-order valence-electron chi connectivity index (χ1n) is 11.7. The van der Waals surface area contributed by atoms with Gasteiger partial charge >= 0.3 is 0 Å². The molecule has 0 bridgehead atoms. The highest BCUT2D eigenvalue weighted by molar-refractivity contribution is 5.65. The summed E-state index contributed by atoms with van der Waals surface area (Å²) in [6.45, 7) is 8.00. The topological polar surface area (TPSA) is 69.0 Å². The SMILES string of the molecule is COCCN(Cc1c(-c2ccccc2)nn(C)c1Oc1cccc(F)c1)CC(O)COC(C)(C)C. The molecule has 1 unspecified atom stereocenters. The van der Waals surface area contributed by atoms with Gasteiger partial charge in [0.25, 0.3) is 0 Å². The summed E-state index contributed by atoms with van der Waals surface area (Å²) in [6, 6.07) is 15.9. The monoisotopic (exact) mass is 485 g/mol. The highest BCUT2D eigenvalue weighted by atomic mass is 19.1. The van der Waals surface area contributed by atoms with Crippen LogP contribution in [-0.2, 0) is 23.1 Å². The molecular weight excluding hydrogens is 449 g/mol. The van der Waals surface area contributed by atoms with E-state index < -0.39 is 6.10 Å². The first-order chi connectivity index (χ1) is 16.7. The Kier molecular flexibility index (Phi) is 9.40. The third-order valence-corrected chi connectivity index (χ3v) is 5.32. The van der Waals surface area contributed by atoms with E-state index in [-0.39, 0.29) is 18.0 Å². The number of nitrogens with zero attached hydrogens (tertiary/aromatic N) is 3. The number of rotatable bonds is 12. The van der Waals surface area contributed by atoms with Gasteiger partial charge in [0.15, 0.2) is 0 Å². The van der Waals surface area contributed by atoms with E-state index in [9.17, 15) is 9.50 Å². The number of aromatic nitrogens is 2. The van der Waals surface area contributed by atoms with Gasteiger partial charge < -0.3 is 19.3 Å². The third-order valence-electron chi connectivity index (χ3n) is 5.32. The molecule has 1 heterocycles. The number of hydrogen-bond acceptors (Lipinski definition) is 6. The summed E-state index contributed by atoms with van der Waals surface area (Å²) >= 11 is 0. The van der Waals surface area contributed by atoms with E-state index in [0.717, 1.165) is 16.8 Å². The van der Waals surface area contributed by atoms with Gasteiger partial charge in [0.1, 0.15) is 17.3 Å². The van der Waals surface area contributed by atoms with Gasteiger partial charge in [0.05, 0.1) is 30.5 Å². The molecule has 3 aromatic rings. The predicted octanol–water partition coefficient (Wildman–Crippen LogP) is 4.64. The molecule has 0 radical (unpaired) electrons. The maximum absolute atomic E-state index is 13.8. The number of ether oxygens (including phenoxy) is 3. The molecule has 7 nitrogen and oxygen atoms in total. The normalized spacial score (nSPS) is 12.8. The number of hydrogen-bond donors (Lipinski definition) is 1. The molecule has 0 aliphatic rings. The van der Waals surface area contributed by atoms with Crippen LogP contribution in [0.1, 0.15) is 26.3 Å². The number of methoxy groups -OCH3 is 1. The van der Waals surface area contributed by atoms with Crippen molar-refractivity contribution < 1.29 is 23.7 Å². The van der Waals surface area contributed by atoms with E-state index in [1.807, 2.05) is 51.1 Å². The van der Waals surface area contributed by atoms with Crippen LogP contribution in [0.3, 0.4) is 0 Å². The lowest BCUT2D eigenvalue weighted by molar-refractivity contribution is -0.0576. The smallest absolute Gasteiger partial charge is 0.222 e. The lowest BCUT2D eigenvalue weighted by atomic mass is 10.1. The standard InChI is InChI=1S/C27H36FN3O4/c1-27(2,3)34-19-22(32)17-31(14-15-33-5)18-24-25(20-10-7-6-8-11-20)29-30(4)26(24)35-23-13-9-12-21(28)16-23/h6-13,16,22,32H,14-15,17-19H2,1-5H3. The van der Waals surface area contributed by atoms with Crippen molar-refractivity contribution in [3.63, 3.8) is 0 Å². The molecule has 190 valence electrons. The van der Waals surface area contributed by atoms with Crippen LogP contribution in [0.2, 0.25) is 0 Å². The van der Waals surface area contributed by atoms with Crippen molar-refractivity contribution in [2.45, 2.75) is 39.0 Å². The summed E-state index contributed by atoms with van der Waals surface area (Å²) in [6.07, 6.45) is -0.685. The molecule has 1 atom stereocenters. The minimum atomic E-state index is -0.685. The molecule has 0 aliphatic carbocycles. The lowest BCUT2D eigenvalue weighted by Gasteiger charge is -2.27. The second-order valence-electron chi connectivity index (χ2n) is 9.49. The number of aryl methyl sites for hydroxylation is 1. The zero-order valence-corrected chi connectivity index (χ0v) is 21.2. The zero-order valence-electron chi connectivity index (χ0n) is 21.2. The predicted molar refractivity (Wildman–Crippen MR) is 134 cm³/mol. The van der Waals surface area contributed by atoms with Crippen LogP contribution in [0.15, 0.2) is 54.6 Å². The molecule has 3 rings (SSSR count). The second-order valence-corrected chi connectivity index (χ2v) is 9.49. The molecule has 0 amide bonds. The Morgan fingerprint density at radius 2 is 1.86 bits per heavy atom. The largest absolute Gasteiger partial charge is 0.439 e. The molecule has 0 aliphatic heterocycles. The fourth-order valence-corrected chi connectivity index (χ4v) is 3.67. The van der Waals surface area contributed by atoms with Crippen LogP contribution in [-0.4, -0.2) is 64.9 Å². The quantitative estimate of drug-likeness (QED) is 0.403. The van der Waals surface area contributed by atoms with Crippen LogP contribution in [0, 0.1) is 5.82 Å². The molecule has 8 heteroatoms. The Balaban J connectivity index is 1.93. The average Bonchev–Trinajstić information content (AvgIpc) is 3.11. The van der Waals surface area contributed by atoms with E-state index in [2.05, 4.69) is 4.90 Å². The van der Waals surface area contributed by atoms with Crippen LogP contribution >= 0.6 is 0 Å². The van der Waals surface area contributed by atoms with Crippen molar-refractivity contribution in [2.75, 3.05) is 33.4 Å². The first-order valence-corrected chi connectivity index (χ1v) is 11.7. The van der Waals surface area contributed by atoms with Crippen molar-refractivity contribution in [1.82, 2.24) is 14.7 Å². The van der Waals surface area contributed by atoms with Crippen molar-refractivity contribution in [3.05, 3.63) is 66.0 Å². The maximum Gasteiger partial charge on any atom is 0.222 e. The summed E-state index contributed by atoms with van der Waals surface area (Å²) in [5.41, 5.74) is 2.20. The van der Waals surface area contributed by atoms with Gasteiger partial charge in [-0.3, -0.25) is 4.90 Å². The summed E-state index contributed by atoms with van der Waals surface area (Å²) < 4.78 is 32.7. The molecule has 2 aromatic carbocycles. The van der Waals surface area contributed by atoms with E-state index >= 15 is 0 Å². The zero-order chi connectivity index (χ0) is 25.4. The summed E-state index contributed by atoms with van der Waals surface area (Å²) in [4.78, 5) is 2.09. The third kappa shape index (κ3) is 8.14. The van der Waals surface area contributed by atoms with Gasteiger partial charge in [0, 0.05) is 45.4 Å². The number of aliphatic hydroxyl groups is 1. The Morgan fingerprint density at radius 3 is 2.51 bits per heavy atom. The highest BCUT2D eigenvalue weighted by Crippen LogP contribution is 2.34. The van der Waals surface area contributed by atoms with E-state index in [1.54, 1.807) is 31.0 Å². The first kappa shape index (κ1) is 26.8. The molecule has 0 fully saturated rings. The number of halogens is 1. The van der Waals surface area contributed by atoms with Gasteiger partial charge in [-0.1, -0.05) is 36.4 Å². The number of benzene rings is 2. The van der Waals surface area contributed by atoms with Gasteiger partial charge in [-0.25, -0.2) is 9.07 Å². The number of aliphatic hydroxyl groups excluding tert-OH is 1. The summed E-state index contributed by atoms with van der Waals surface area (Å²) in [5, 5.41) is 15.4. The van der Waals surface area contributed by atoms with Crippen molar-refractivity contribution >= 4 is 0 Å². The highest BCUT2D eigenvalue weighted by Gasteiger charge is 2.24. The molecule has 0 spiro atoms. The van der Waals surface area contributed by atoms with Crippen LogP contribution < -0.4 is 4.74 Å². The minimum Gasteiger partial charge on any atom is -0.439 e. The summed E-state index contributed by atoms with van der Waals surface area (Å²) in [5.74, 6) is 0.520. The summed E-state index contributed by atoms with van der Waals surface area (Å²) in [7, 11) is 3.45. The fourth-order valence-electron chi connectivity index (χ4n) is 3.67. The Hall–Kier alpha value is -2.78.